The van der Waals surface area contributed by atoms with Gasteiger partial charge in [-0.2, -0.15) is 0 Å². The molecule has 2 rings (SSSR count). The number of benzene rings is 1. The molecule has 0 bridgehead atoms. The summed E-state index contributed by atoms with van der Waals surface area (Å²) < 4.78 is 23.0. The van der Waals surface area contributed by atoms with E-state index in [4.69, 9.17) is 0 Å². The predicted octanol–water partition coefficient (Wildman–Crippen LogP) is 2.06. The molecule has 2 N–H and O–H groups in total. The molecule has 0 radical (unpaired) electrons. The molecule has 1 aromatic carbocycles. The first-order valence-electron chi connectivity index (χ1n) is 9.81. The zero-order chi connectivity index (χ0) is 20.6. The van der Waals surface area contributed by atoms with Crippen LogP contribution in [0.2, 0.25) is 0 Å². The number of amides is 1. The molecule has 1 aromatic rings. The molecule has 1 heterocycles. The average molecular weight is 536 g/mol. The molecule has 9 heteroatoms. The first-order chi connectivity index (χ1) is 13.3. The molecule has 1 amide bonds. The number of guanidine groups is 1. The van der Waals surface area contributed by atoms with E-state index in [9.17, 15) is 13.2 Å². The molecular weight excluding hydrogens is 503 g/mol. The second kappa shape index (κ2) is 12.4. The maximum Gasteiger partial charge on any atom is 0.224 e. The Hall–Kier alpha value is -1.36. The molecular formula is C20H33IN4O3S. The Morgan fingerprint density at radius 3 is 2.45 bits per heavy atom. The minimum atomic E-state index is -3.16. The second-order valence-electron chi connectivity index (χ2n) is 7.43. The smallest absolute Gasteiger partial charge is 0.224 e. The van der Waals surface area contributed by atoms with E-state index in [1.165, 1.54) is 12.7 Å². The zero-order valence-corrected chi connectivity index (χ0v) is 20.6. The Morgan fingerprint density at radius 2 is 1.86 bits per heavy atom. The van der Waals surface area contributed by atoms with Gasteiger partial charge in [0.25, 0.3) is 0 Å². The second-order valence-corrected chi connectivity index (χ2v) is 9.44. The van der Waals surface area contributed by atoms with E-state index in [1.807, 2.05) is 17.0 Å². The van der Waals surface area contributed by atoms with Crippen LogP contribution in [0.3, 0.4) is 0 Å². The monoisotopic (exact) mass is 536 g/mol. The first kappa shape index (κ1) is 25.7. The van der Waals surface area contributed by atoms with Crippen LogP contribution in [0.5, 0.6) is 0 Å². The molecule has 29 heavy (non-hydrogen) atoms. The topological polar surface area (TPSA) is 90.9 Å². The first-order valence-corrected chi connectivity index (χ1v) is 11.7. The molecule has 0 aromatic heterocycles. The molecule has 1 unspecified atom stereocenters. The summed E-state index contributed by atoms with van der Waals surface area (Å²) in [6, 6.07) is 6.91. The number of nitrogens with zero attached hydrogens (tertiary/aromatic N) is 2. The van der Waals surface area contributed by atoms with E-state index in [0.717, 1.165) is 31.5 Å². The van der Waals surface area contributed by atoms with Crippen LogP contribution < -0.4 is 10.6 Å². The Morgan fingerprint density at radius 1 is 1.21 bits per heavy atom. The van der Waals surface area contributed by atoms with E-state index in [-0.39, 0.29) is 29.9 Å². The van der Waals surface area contributed by atoms with Crippen molar-refractivity contribution >= 4 is 45.7 Å². The number of halogens is 1. The molecule has 1 aliphatic rings. The highest BCUT2D eigenvalue weighted by Gasteiger charge is 2.20. The summed E-state index contributed by atoms with van der Waals surface area (Å²) in [6.45, 7) is 5.14. The van der Waals surface area contributed by atoms with Crippen molar-refractivity contribution < 1.29 is 13.2 Å². The Kier molecular flexibility index (Phi) is 10.9. The highest BCUT2D eigenvalue weighted by Crippen LogP contribution is 2.16. The van der Waals surface area contributed by atoms with Gasteiger partial charge >= 0.3 is 0 Å². The van der Waals surface area contributed by atoms with E-state index in [1.54, 1.807) is 19.2 Å². The summed E-state index contributed by atoms with van der Waals surface area (Å²) in [5, 5.41) is 6.40. The Balaban J connectivity index is 0.00000420. The van der Waals surface area contributed by atoms with E-state index >= 15 is 0 Å². The fourth-order valence-corrected chi connectivity index (χ4v) is 3.94. The van der Waals surface area contributed by atoms with Crippen molar-refractivity contribution in [2.75, 3.05) is 39.5 Å². The maximum atomic E-state index is 12.3. The molecule has 1 saturated heterocycles. The lowest BCUT2D eigenvalue weighted by molar-refractivity contribution is -0.132. The summed E-state index contributed by atoms with van der Waals surface area (Å²) in [7, 11) is -1.46. The number of rotatable bonds is 7. The zero-order valence-electron chi connectivity index (χ0n) is 17.5. The summed E-state index contributed by atoms with van der Waals surface area (Å²) in [4.78, 5) is 18.8. The number of likely N-dealkylation sites (tertiary alicyclic amines) is 1. The third-order valence-electron chi connectivity index (χ3n) is 4.92. The van der Waals surface area contributed by atoms with Gasteiger partial charge < -0.3 is 15.5 Å². The van der Waals surface area contributed by atoms with Gasteiger partial charge in [0.1, 0.15) is 0 Å². The number of hydrogen-bond acceptors (Lipinski definition) is 4. The van der Waals surface area contributed by atoms with Crippen molar-refractivity contribution in [3.05, 3.63) is 29.8 Å². The molecule has 0 saturated carbocycles. The fourth-order valence-electron chi connectivity index (χ4n) is 3.31. The summed E-state index contributed by atoms with van der Waals surface area (Å²) in [6.07, 6.45) is 4.70. The van der Waals surface area contributed by atoms with Crippen molar-refractivity contribution in [2.45, 2.75) is 37.5 Å². The Labute approximate surface area is 191 Å². The van der Waals surface area contributed by atoms with Gasteiger partial charge in [-0.15, -0.1) is 24.0 Å². The van der Waals surface area contributed by atoms with Crippen LogP contribution in [0, 0.1) is 5.92 Å². The quantitative estimate of drug-likeness (QED) is 0.317. The van der Waals surface area contributed by atoms with Crippen LogP contribution in [0.4, 0.5) is 0 Å². The largest absolute Gasteiger partial charge is 0.356 e. The molecule has 7 nitrogen and oxygen atoms in total. The lowest BCUT2D eigenvalue weighted by atomic mass is 10.00. The predicted molar refractivity (Wildman–Crippen MR) is 128 cm³/mol. The van der Waals surface area contributed by atoms with Crippen molar-refractivity contribution in [1.82, 2.24) is 15.5 Å². The van der Waals surface area contributed by atoms with Crippen LogP contribution in [0.1, 0.15) is 31.7 Å². The van der Waals surface area contributed by atoms with Crippen LogP contribution in [0.15, 0.2) is 34.2 Å². The number of piperidine rings is 1. The van der Waals surface area contributed by atoms with Crippen molar-refractivity contribution in [2.24, 2.45) is 10.9 Å². The van der Waals surface area contributed by atoms with Crippen LogP contribution in [-0.4, -0.2) is 64.7 Å². The van der Waals surface area contributed by atoms with E-state index in [0.29, 0.717) is 36.3 Å². The van der Waals surface area contributed by atoms with Gasteiger partial charge in [0.15, 0.2) is 15.8 Å². The molecule has 0 spiro atoms. The lowest BCUT2D eigenvalue weighted by Crippen LogP contribution is -2.42. The van der Waals surface area contributed by atoms with Crippen molar-refractivity contribution in [3.63, 3.8) is 0 Å². The molecule has 1 aliphatic heterocycles. The Bertz CT molecular complexity index is 781. The lowest BCUT2D eigenvalue weighted by Gasteiger charge is -2.31. The average Bonchev–Trinajstić information content (AvgIpc) is 2.66. The third kappa shape index (κ3) is 8.90. The fraction of sp³-hybridized carbons (Fsp3) is 0.600. The van der Waals surface area contributed by atoms with Gasteiger partial charge in [-0.25, -0.2) is 8.42 Å². The van der Waals surface area contributed by atoms with Gasteiger partial charge in [-0.3, -0.25) is 9.79 Å². The molecule has 1 fully saturated rings. The maximum absolute atomic E-state index is 12.3. The number of hydrogen-bond donors (Lipinski definition) is 2. The van der Waals surface area contributed by atoms with Gasteiger partial charge in [0, 0.05) is 45.9 Å². The summed E-state index contributed by atoms with van der Waals surface area (Å²) >= 11 is 0. The number of sulfone groups is 1. The minimum absolute atomic E-state index is 0. The normalized spacial score (nSPS) is 17.4. The SMILES string of the molecule is CN=C(NCCC(=O)N1CCCC(C)C1)NCCc1ccc(S(C)(=O)=O)cc1.I. The van der Waals surface area contributed by atoms with Gasteiger partial charge in [-0.05, 0) is 42.9 Å². The van der Waals surface area contributed by atoms with Gasteiger partial charge in [0.05, 0.1) is 4.90 Å². The molecule has 1 atom stereocenters. The van der Waals surface area contributed by atoms with Crippen LogP contribution >= 0.6 is 24.0 Å². The molecule has 164 valence electrons. The number of aliphatic imine (C=N–C) groups is 1. The molecule has 0 aliphatic carbocycles. The number of carbonyl (C=O) groups is 1. The standard InChI is InChI=1S/C20H32N4O3S.HI/c1-16-5-4-14-24(15-16)19(25)11-13-23-20(21-2)22-12-10-17-6-8-18(9-7-17)28(3,26)27;/h6-9,16H,4-5,10-15H2,1-3H3,(H2,21,22,23);1H. The highest BCUT2D eigenvalue weighted by molar-refractivity contribution is 14.0. The summed E-state index contributed by atoms with van der Waals surface area (Å²) in [5.74, 6) is 1.44. The van der Waals surface area contributed by atoms with Crippen LogP contribution in [-0.2, 0) is 21.1 Å². The third-order valence-corrected chi connectivity index (χ3v) is 6.05. The van der Waals surface area contributed by atoms with E-state index < -0.39 is 9.84 Å². The summed E-state index contributed by atoms with van der Waals surface area (Å²) in [5.41, 5.74) is 1.05. The van der Waals surface area contributed by atoms with Crippen LogP contribution in [0.25, 0.3) is 0 Å². The van der Waals surface area contributed by atoms with Gasteiger partial charge in [0.2, 0.25) is 5.91 Å². The van der Waals surface area contributed by atoms with E-state index in [2.05, 4.69) is 22.5 Å². The number of nitrogens with one attached hydrogen (secondary N) is 2. The minimum Gasteiger partial charge on any atom is -0.356 e. The van der Waals surface area contributed by atoms with Gasteiger partial charge in [-0.1, -0.05) is 19.1 Å². The van der Waals surface area contributed by atoms with Crippen molar-refractivity contribution in [1.29, 1.82) is 0 Å². The number of carbonyl (C=O) groups excluding carboxylic acids is 1. The van der Waals surface area contributed by atoms with Crippen molar-refractivity contribution in [3.8, 4) is 0 Å². The highest BCUT2D eigenvalue weighted by atomic mass is 127.